The highest BCUT2D eigenvalue weighted by Crippen LogP contribution is 2.23. The summed E-state index contributed by atoms with van der Waals surface area (Å²) in [7, 11) is 0. The molecule has 0 aliphatic carbocycles. The number of anilines is 2. The van der Waals surface area contributed by atoms with E-state index in [2.05, 4.69) is 10.3 Å². The van der Waals surface area contributed by atoms with E-state index in [1.165, 1.54) is 12.1 Å². The van der Waals surface area contributed by atoms with Crippen LogP contribution in [0.5, 0.6) is 17.2 Å². The van der Waals surface area contributed by atoms with Crippen LogP contribution in [0.2, 0.25) is 0 Å². The molecule has 3 aromatic carbocycles. The zero-order valence-electron chi connectivity index (χ0n) is 15.6. The van der Waals surface area contributed by atoms with E-state index in [1.807, 2.05) is 60.7 Å². The lowest BCUT2D eigenvalue weighted by Gasteiger charge is -2.10. The third kappa shape index (κ3) is 5.32. The van der Waals surface area contributed by atoms with Crippen molar-refractivity contribution in [2.24, 2.45) is 0 Å². The van der Waals surface area contributed by atoms with E-state index < -0.39 is 0 Å². The van der Waals surface area contributed by atoms with Gasteiger partial charge in [-0.05, 0) is 66.2 Å². The smallest absolute Gasteiger partial charge is 0.145 e. The van der Waals surface area contributed by atoms with E-state index in [1.54, 1.807) is 24.4 Å². The second-order valence-corrected chi connectivity index (χ2v) is 6.36. The van der Waals surface area contributed by atoms with Crippen LogP contribution in [-0.2, 0) is 6.61 Å². The molecule has 144 valence electrons. The van der Waals surface area contributed by atoms with E-state index in [-0.39, 0.29) is 5.82 Å². The summed E-state index contributed by atoms with van der Waals surface area (Å²) in [5, 5.41) is 3.27. The van der Waals surface area contributed by atoms with Crippen LogP contribution in [0.4, 0.5) is 15.9 Å². The molecular weight excluding hydrogens is 367 g/mol. The number of rotatable bonds is 7. The molecule has 0 atom stereocenters. The summed E-state index contributed by atoms with van der Waals surface area (Å²) >= 11 is 0. The largest absolute Gasteiger partial charge is 0.489 e. The first-order valence-electron chi connectivity index (χ1n) is 9.18. The summed E-state index contributed by atoms with van der Waals surface area (Å²) in [6.07, 6.45) is 1.62. The van der Waals surface area contributed by atoms with Crippen molar-refractivity contribution in [2.45, 2.75) is 6.61 Å². The van der Waals surface area contributed by atoms with E-state index in [0.29, 0.717) is 23.9 Å². The lowest BCUT2D eigenvalue weighted by Crippen LogP contribution is -1.98. The molecule has 0 unspecified atom stereocenters. The summed E-state index contributed by atoms with van der Waals surface area (Å²) < 4.78 is 24.4. The molecule has 0 spiro atoms. The van der Waals surface area contributed by atoms with Crippen LogP contribution in [-0.4, -0.2) is 4.98 Å². The van der Waals surface area contributed by atoms with Gasteiger partial charge in [-0.3, -0.25) is 0 Å². The molecule has 0 aliphatic heterocycles. The van der Waals surface area contributed by atoms with Crippen molar-refractivity contribution < 1.29 is 13.9 Å². The summed E-state index contributed by atoms with van der Waals surface area (Å²) in [5.41, 5.74) is 1.97. The van der Waals surface area contributed by atoms with Gasteiger partial charge < -0.3 is 14.8 Å². The predicted molar refractivity (Wildman–Crippen MR) is 111 cm³/mol. The zero-order chi connectivity index (χ0) is 19.9. The standard InChI is InChI=1S/C24H19FN2O2/c25-19-9-11-22(12-10-19)29-23-13-14-24(26-16-23)27-20-6-4-5-18(15-20)17-28-21-7-2-1-3-8-21/h1-16H,17H2,(H,26,27). The van der Waals surface area contributed by atoms with E-state index in [0.717, 1.165) is 17.0 Å². The first kappa shape index (κ1) is 18.5. The summed E-state index contributed by atoms with van der Waals surface area (Å²) in [6, 6.07) is 27.2. The first-order valence-corrected chi connectivity index (χ1v) is 9.18. The van der Waals surface area contributed by atoms with Gasteiger partial charge in [0.1, 0.15) is 35.5 Å². The monoisotopic (exact) mass is 386 g/mol. The number of hydrogen-bond acceptors (Lipinski definition) is 4. The SMILES string of the molecule is Fc1ccc(Oc2ccc(Nc3cccc(COc4ccccc4)c3)nc2)cc1. The average molecular weight is 386 g/mol. The van der Waals surface area contributed by atoms with E-state index in [9.17, 15) is 4.39 Å². The van der Waals surface area contributed by atoms with Crippen LogP contribution in [0, 0.1) is 5.82 Å². The molecule has 0 amide bonds. The maximum atomic E-state index is 13.0. The Balaban J connectivity index is 1.36. The fraction of sp³-hybridized carbons (Fsp3) is 0.0417. The van der Waals surface area contributed by atoms with Crippen molar-refractivity contribution in [1.29, 1.82) is 0 Å². The van der Waals surface area contributed by atoms with Crippen molar-refractivity contribution in [3.8, 4) is 17.2 Å². The molecule has 0 aliphatic rings. The maximum Gasteiger partial charge on any atom is 0.145 e. The predicted octanol–water partition coefficient (Wildman–Crippen LogP) is 6.34. The molecule has 0 saturated carbocycles. The van der Waals surface area contributed by atoms with Gasteiger partial charge in [0.25, 0.3) is 0 Å². The quantitative estimate of drug-likeness (QED) is 0.403. The number of para-hydroxylation sites is 1. The Morgan fingerprint density at radius 2 is 1.55 bits per heavy atom. The Labute approximate surface area is 168 Å². The highest BCUT2D eigenvalue weighted by Gasteiger charge is 2.02. The highest BCUT2D eigenvalue weighted by atomic mass is 19.1. The summed E-state index contributed by atoms with van der Waals surface area (Å²) in [5.74, 6) is 2.36. The van der Waals surface area contributed by atoms with Gasteiger partial charge in [0.05, 0.1) is 6.20 Å². The second kappa shape index (κ2) is 8.89. The van der Waals surface area contributed by atoms with Crippen molar-refractivity contribution in [2.75, 3.05) is 5.32 Å². The van der Waals surface area contributed by atoms with Crippen LogP contribution in [0.15, 0.2) is 97.2 Å². The second-order valence-electron chi connectivity index (χ2n) is 6.36. The minimum Gasteiger partial charge on any atom is -0.489 e. The van der Waals surface area contributed by atoms with Crippen LogP contribution >= 0.6 is 0 Å². The summed E-state index contributed by atoms with van der Waals surface area (Å²) in [4.78, 5) is 4.37. The van der Waals surface area contributed by atoms with Gasteiger partial charge in [-0.25, -0.2) is 9.37 Å². The van der Waals surface area contributed by atoms with Crippen LogP contribution in [0.25, 0.3) is 0 Å². The molecule has 4 aromatic rings. The Kier molecular flexibility index (Phi) is 5.67. The van der Waals surface area contributed by atoms with E-state index in [4.69, 9.17) is 9.47 Å². The van der Waals surface area contributed by atoms with Gasteiger partial charge in [0, 0.05) is 5.69 Å². The third-order valence-electron chi connectivity index (χ3n) is 4.13. The molecule has 29 heavy (non-hydrogen) atoms. The highest BCUT2D eigenvalue weighted by molar-refractivity contribution is 5.57. The molecule has 0 saturated heterocycles. The topological polar surface area (TPSA) is 43.4 Å². The molecule has 0 fully saturated rings. The van der Waals surface area contributed by atoms with Gasteiger partial charge in [-0.2, -0.15) is 0 Å². The fourth-order valence-electron chi connectivity index (χ4n) is 2.72. The zero-order valence-corrected chi connectivity index (χ0v) is 15.6. The number of halogens is 1. The molecule has 0 radical (unpaired) electrons. The molecule has 5 heteroatoms. The number of benzene rings is 3. The van der Waals surface area contributed by atoms with Gasteiger partial charge in [-0.15, -0.1) is 0 Å². The Bertz CT molecular complexity index is 1050. The van der Waals surface area contributed by atoms with Crippen LogP contribution in [0.1, 0.15) is 5.56 Å². The molecule has 1 N–H and O–H groups in total. The minimum atomic E-state index is -0.300. The first-order chi connectivity index (χ1) is 14.2. The Morgan fingerprint density at radius 1 is 0.759 bits per heavy atom. The molecule has 0 bridgehead atoms. The Morgan fingerprint density at radius 3 is 2.31 bits per heavy atom. The van der Waals surface area contributed by atoms with Crippen molar-refractivity contribution in [3.63, 3.8) is 0 Å². The fourth-order valence-corrected chi connectivity index (χ4v) is 2.72. The number of ether oxygens (including phenoxy) is 2. The average Bonchev–Trinajstić information content (AvgIpc) is 2.76. The number of hydrogen-bond donors (Lipinski definition) is 1. The molecule has 4 rings (SSSR count). The minimum absolute atomic E-state index is 0.300. The number of pyridine rings is 1. The van der Waals surface area contributed by atoms with E-state index >= 15 is 0 Å². The van der Waals surface area contributed by atoms with Crippen LogP contribution < -0.4 is 14.8 Å². The normalized spacial score (nSPS) is 10.4. The van der Waals surface area contributed by atoms with Crippen molar-refractivity contribution in [1.82, 2.24) is 4.98 Å². The summed E-state index contributed by atoms with van der Waals surface area (Å²) in [6.45, 7) is 0.484. The number of aromatic nitrogens is 1. The lowest BCUT2D eigenvalue weighted by atomic mass is 10.2. The number of nitrogens with zero attached hydrogens (tertiary/aromatic N) is 1. The number of nitrogens with one attached hydrogen (secondary N) is 1. The van der Waals surface area contributed by atoms with Crippen molar-refractivity contribution in [3.05, 3.63) is 109 Å². The van der Waals surface area contributed by atoms with Gasteiger partial charge >= 0.3 is 0 Å². The van der Waals surface area contributed by atoms with Crippen molar-refractivity contribution >= 4 is 11.5 Å². The molecule has 1 heterocycles. The van der Waals surface area contributed by atoms with Gasteiger partial charge in [0.2, 0.25) is 0 Å². The third-order valence-corrected chi connectivity index (χ3v) is 4.13. The molecule has 4 nitrogen and oxygen atoms in total. The maximum absolute atomic E-state index is 13.0. The van der Waals surface area contributed by atoms with Gasteiger partial charge in [0.15, 0.2) is 0 Å². The lowest BCUT2D eigenvalue weighted by molar-refractivity contribution is 0.306. The van der Waals surface area contributed by atoms with Crippen LogP contribution in [0.3, 0.4) is 0 Å². The molecular formula is C24H19FN2O2. The molecule has 1 aromatic heterocycles. The Hall–Kier alpha value is -3.86. The van der Waals surface area contributed by atoms with Gasteiger partial charge in [-0.1, -0.05) is 30.3 Å².